The van der Waals surface area contributed by atoms with Crippen LogP contribution in [0.5, 0.6) is 0 Å². The molecule has 2 aliphatic rings. The molecule has 6 heteroatoms. The van der Waals surface area contributed by atoms with Crippen molar-refractivity contribution >= 4 is 17.0 Å². The van der Waals surface area contributed by atoms with Crippen molar-refractivity contribution in [3.63, 3.8) is 0 Å². The van der Waals surface area contributed by atoms with E-state index in [1.165, 1.54) is 0 Å². The number of hydrogen-bond donors (Lipinski definition) is 0. The van der Waals surface area contributed by atoms with Crippen LogP contribution < -0.4 is 0 Å². The summed E-state index contributed by atoms with van der Waals surface area (Å²) >= 11 is 0. The van der Waals surface area contributed by atoms with E-state index in [2.05, 4.69) is 23.9 Å². The average molecular weight is 315 g/mol. The van der Waals surface area contributed by atoms with Crippen molar-refractivity contribution in [2.45, 2.75) is 39.4 Å². The van der Waals surface area contributed by atoms with Crippen molar-refractivity contribution in [3.05, 3.63) is 23.5 Å². The Labute approximate surface area is 134 Å². The molecule has 3 heterocycles. The second-order valence-electron chi connectivity index (χ2n) is 7.20. The normalized spacial score (nSPS) is 28.4. The third-order valence-corrected chi connectivity index (χ3v) is 5.33. The van der Waals surface area contributed by atoms with Crippen LogP contribution in [0, 0.1) is 18.3 Å². The number of esters is 1. The molecule has 1 aliphatic heterocycles. The van der Waals surface area contributed by atoms with Gasteiger partial charge in [-0.05, 0) is 19.4 Å². The molecular weight excluding hydrogens is 294 g/mol. The number of nitrogens with zero attached hydrogens (tertiary/aromatic N) is 3. The quantitative estimate of drug-likeness (QED) is 0.795. The van der Waals surface area contributed by atoms with Gasteiger partial charge >= 0.3 is 5.97 Å². The summed E-state index contributed by atoms with van der Waals surface area (Å²) < 4.78 is 13.3. The van der Waals surface area contributed by atoms with E-state index in [-0.39, 0.29) is 23.6 Å². The highest BCUT2D eigenvalue weighted by Crippen LogP contribution is 2.53. The number of aryl methyl sites for hydroxylation is 2. The molecule has 2 aromatic heterocycles. The van der Waals surface area contributed by atoms with Crippen LogP contribution in [0.4, 0.5) is 0 Å². The summed E-state index contributed by atoms with van der Waals surface area (Å²) in [6.45, 7) is 6.87. The molecule has 0 bridgehead atoms. The average Bonchev–Trinajstić information content (AvgIpc) is 3.08. The first kappa shape index (κ1) is 14.6. The fraction of sp³-hybridized carbons (Fsp3) is 0.588. The van der Waals surface area contributed by atoms with E-state index < -0.39 is 0 Å². The topological polar surface area (TPSA) is 66.2 Å². The van der Waals surface area contributed by atoms with Gasteiger partial charge < -0.3 is 9.47 Å². The molecule has 0 spiro atoms. The van der Waals surface area contributed by atoms with Gasteiger partial charge in [0.05, 0.1) is 17.4 Å². The van der Waals surface area contributed by atoms with Crippen LogP contribution in [0.1, 0.15) is 36.3 Å². The van der Waals surface area contributed by atoms with E-state index in [0.29, 0.717) is 11.5 Å². The van der Waals surface area contributed by atoms with Gasteiger partial charge in [0.1, 0.15) is 6.10 Å². The van der Waals surface area contributed by atoms with Gasteiger partial charge in [-0.1, -0.05) is 13.8 Å². The van der Waals surface area contributed by atoms with Crippen molar-refractivity contribution < 1.29 is 14.3 Å². The molecule has 1 saturated heterocycles. The highest BCUT2D eigenvalue weighted by Gasteiger charge is 2.61. The predicted octanol–water partition coefficient (Wildman–Crippen LogP) is 2.25. The Morgan fingerprint density at radius 1 is 1.48 bits per heavy atom. The van der Waals surface area contributed by atoms with Gasteiger partial charge in [0.15, 0.2) is 5.65 Å². The first-order chi connectivity index (χ1) is 10.9. The molecule has 0 aromatic carbocycles. The number of carbonyl (C=O) groups excluding carboxylic acids is 1. The molecule has 1 aliphatic carbocycles. The Bertz CT molecular complexity index is 796. The maximum atomic E-state index is 12.6. The van der Waals surface area contributed by atoms with Gasteiger partial charge in [0.25, 0.3) is 0 Å². The second-order valence-corrected chi connectivity index (χ2v) is 7.20. The van der Waals surface area contributed by atoms with Crippen LogP contribution in [0.25, 0.3) is 11.0 Å². The number of carbonyl (C=O) groups is 1. The van der Waals surface area contributed by atoms with Gasteiger partial charge in [0, 0.05) is 36.6 Å². The summed E-state index contributed by atoms with van der Waals surface area (Å²) in [6, 6.07) is 1.82. The van der Waals surface area contributed by atoms with Crippen LogP contribution in [-0.2, 0) is 16.5 Å². The molecule has 3 atom stereocenters. The molecule has 1 saturated carbocycles. The fourth-order valence-electron chi connectivity index (χ4n) is 4.12. The van der Waals surface area contributed by atoms with Gasteiger partial charge in [-0.25, -0.2) is 9.78 Å². The zero-order valence-electron chi connectivity index (χ0n) is 13.9. The first-order valence-electron chi connectivity index (χ1n) is 8.01. The summed E-state index contributed by atoms with van der Waals surface area (Å²) in [4.78, 5) is 16.9. The number of fused-ring (bicyclic) bond motifs is 2. The molecule has 0 radical (unpaired) electrons. The van der Waals surface area contributed by atoms with Gasteiger partial charge in [-0.2, -0.15) is 5.10 Å². The van der Waals surface area contributed by atoms with Crippen molar-refractivity contribution in [1.29, 1.82) is 0 Å². The number of rotatable bonds is 2. The van der Waals surface area contributed by atoms with Crippen LogP contribution in [0.2, 0.25) is 0 Å². The van der Waals surface area contributed by atoms with Crippen molar-refractivity contribution in [1.82, 2.24) is 14.8 Å². The lowest BCUT2D eigenvalue weighted by Crippen LogP contribution is -2.61. The minimum atomic E-state index is -0.314. The van der Waals surface area contributed by atoms with Crippen molar-refractivity contribution in [3.8, 4) is 0 Å². The van der Waals surface area contributed by atoms with Gasteiger partial charge in [0.2, 0.25) is 0 Å². The Kier molecular flexibility index (Phi) is 3.04. The third-order valence-electron chi connectivity index (χ3n) is 5.33. The van der Waals surface area contributed by atoms with Crippen LogP contribution in [0.3, 0.4) is 0 Å². The minimum absolute atomic E-state index is 0.0896. The zero-order chi connectivity index (χ0) is 16.4. The number of pyridine rings is 1. The predicted molar refractivity (Wildman–Crippen MR) is 84.1 cm³/mol. The Morgan fingerprint density at radius 2 is 2.26 bits per heavy atom. The van der Waals surface area contributed by atoms with Crippen LogP contribution >= 0.6 is 0 Å². The molecule has 0 unspecified atom stereocenters. The summed E-state index contributed by atoms with van der Waals surface area (Å²) in [5.74, 6) is 0.0110. The third kappa shape index (κ3) is 2.01. The lowest BCUT2D eigenvalue weighted by Gasteiger charge is -2.53. The van der Waals surface area contributed by atoms with E-state index in [1.807, 2.05) is 20.0 Å². The van der Waals surface area contributed by atoms with Gasteiger partial charge in [-0.15, -0.1) is 0 Å². The molecule has 6 nitrogen and oxygen atoms in total. The first-order valence-corrected chi connectivity index (χ1v) is 8.01. The van der Waals surface area contributed by atoms with E-state index in [1.54, 1.807) is 10.9 Å². The summed E-state index contributed by atoms with van der Waals surface area (Å²) in [7, 11) is 1.84. The standard InChI is InChI=1S/C17H21N3O3/c1-9-12-7-10(8-18-15(12)20(4)19-9)16(21)23-14-11-5-6-22-13(11)17(14,2)3/h7-8,11,13-14H,5-6H2,1-4H3/t11-,13+,14-/m1/s1. The largest absolute Gasteiger partial charge is 0.458 e. The molecule has 23 heavy (non-hydrogen) atoms. The lowest BCUT2D eigenvalue weighted by atomic mass is 9.59. The molecule has 122 valence electrons. The zero-order valence-corrected chi connectivity index (χ0v) is 13.9. The highest BCUT2D eigenvalue weighted by molar-refractivity contribution is 5.93. The monoisotopic (exact) mass is 315 g/mol. The van der Waals surface area contributed by atoms with E-state index in [9.17, 15) is 4.79 Å². The number of hydrogen-bond acceptors (Lipinski definition) is 5. The maximum Gasteiger partial charge on any atom is 0.340 e. The SMILES string of the molecule is Cc1nn(C)c2ncc(C(=O)O[C@@H]3[C@@H]4CCO[C@@H]4C3(C)C)cc12. The summed E-state index contributed by atoms with van der Waals surface area (Å²) in [6.07, 6.45) is 2.65. The van der Waals surface area contributed by atoms with Gasteiger partial charge in [-0.3, -0.25) is 4.68 Å². The molecular formula is C17H21N3O3. The number of aromatic nitrogens is 3. The Balaban J connectivity index is 1.59. The number of ether oxygens (including phenoxy) is 2. The van der Waals surface area contributed by atoms with E-state index >= 15 is 0 Å². The summed E-state index contributed by atoms with van der Waals surface area (Å²) in [5, 5.41) is 5.22. The van der Waals surface area contributed by atoms with Crippen LogP contribution in [-0.4, -0.2) is 39.5 Å². The molecule has 0 N–H and O–H groups in total. The van der Waals surface area contributed by atoms with Crippen LogP contribution in [0.15, 0.2) is 12.3 Å². The smallest absolute Gasteiger partial charge is 0.340 e. The molecule has 2 aromatic rings. The second kappa shape index (κ2) is 4.77. The Hall–Kier alpha value is -1.95. The molecule has 2 fully saturated rings. The van der Waals surface area contributed by atoms with E-state index in [0.717, 1.165) is 29.8 Å². The maximum absolute atomic E-state index is 12.6. The fourth-order valence-corrected chi connectivity index (χ4v) is 4.12. The lowest BCUT2D eigenvalue weighted by molar-refractivity contribution is -0.183. The van der Waals surface area contributed by atoms with Crippen molar-refractivity contribution in [2.24, 2.45) is 18.4 Å². The molecule has 0 amide bonds. The Morgan fingerprint density at radius 3 is 3.04 bits per heavy atom. The van der Waals surface area contributed by atoms with E-state index in [4.69, 9.17) is 9.47 Å². The highest BCUT2D eigenvalue weighted by atomic mass is 16.6. The minimum Gasteiger partial charge on any atom is -0.458 e. The van der Waals surface area contributed by atoms with Crippen molar-refractivity contribution in [2.75, 3.05) is 6.61 Å². The molecule has 4 rings (SSSR count). The summed E-state index contributed by atoms with van der Waals surface area (Å²) in [5.41, 5.74) is 1.98.